The van der Waals surface area contributed by atoms with E-state index >= 15 is 0 Å². The van der Waals surface area contributed by atoms with E-state index < -0.39 is 0 Å². The van der Waals surface area contributed by atoms with E-state index in [1.165, 1.54) is 5.56 Å². The first kappa shape index (κ1) is 14.3. The standard InChI is InChI=1S/C15H24N2O2/c1-3-16-15(12-17-7-9-19-10-8-17)13-5-4-6-14(11-13)18-2/h4-6,11,15-16H,3,7-10,12H2,1-2H3. The Morgan fingerprint density at radius 3 is 2.84 bits per heavy atom. The van der Waals surface area contributed by atoms with Gasteiger partial charge in [-0.15, -0.1) is 0 Å². The molecule has 1 aliphatic rings. The summed E-state index contributed by atoms with van der Waals surface area (Å²) in [5.74, 6) is 0.919. The number of hydrogen-bond donors (Lipinski definition) is 1. The number of rotatable bonds is 6. The lowest BCUT2D eigenvalue weighted by molar-refractivity contribution is 0.0335. The van der Waals surface area contributed by atoms with Crippen molar-refractivity contribution in [1.29, 1.82) is 0 Å². The van der Waals surface area contributed by atoms with Crippen LogP contribution in [-0.4, -0.2) is 51.4 Å². The Morgan fingerprint density at radius 1 is 1.37 bits per heavy atom. The van der Waals surface area contributed by atoms with Crippen molar-refractivity contribution in [2.75, 3.05) is 46.5 Å². The van der Waals surface area contributed by atoms with Gasteiger partial charge in [-0.2, -0.15) is 0 Å². The Kier molecular flexibility index (Phi) is 5.63. The van der Waals surface area contributed by atoms with Gasteiger partial charge in [-0.25, -0.2) is 0 Å². The molecule has 1 atom stereocenters. The first-order valence-electron chi connectivity index (χ1n) is 7.01. The van der Waals surface area contributed by atoms with E-state index in [0.29, 0.717) is 6.04 Å². The van der Waals surface area contributed by atoms with Gasteiger partial charge >= 0.3 is 0 Å². The molecule has 1 aliphatic heterocycles. The van der Waals surface area contributed by atoms with Gasteiger partial charge in [-0.3, -0.25) is 4.90 Å². The van der Waals surface area contributed by atoms with E-state index in [1.54, 1.807) is 7.11 Å². The molecule has 2 rings (SSSR count). The molecule has 1 unspecified atom stereocenters. The van der Waals surface area contributed by atoms with Crippen LogP contribution in [0.1, 0.15) is 18.5 Å². The summed E-state index contributed by atoms with van der Waals surface area (Å²) in [6.45, 7) is 7.86. The molecule has 4 heteroatoms. The van der Waals surface area contributed by atoms with Crippen LogP contribution in [0, 0.1) is 0 Å². The molecule has 1 heterocycles. The van der Waals surface area contributed by atoms with Gasteiger partial charge in [0.1, 0.15) is 5.75 Å². The number of benzene rings is 1. The average molecular weight is 264 g/mol. The topological polar surface area (TPSA) is 33.7 Å². The van der Waals surface area contributed by atoms with Gasteiger partial charge in [0.05, 0.1) is 20.3 Å². The molecule has 1 aromatic rings. The van der Waals surface area contributed by atoms with Gasteiger partial charge in [0.25, 0.3) is 0 Å². The second-order valence-electron chi connectivity index (χ2n) is 4.80. The maximum Gasteiger partial charge on any atom is 0.119 e. The maximum atomic E-state index is 5.40. The summed E-state index contributed by atoms with van der Waals surface area (Å²) >= 11 is 0. The molecular weight excluding hydrogens is 240 g/mol. The molecule has 1 N–H and O–H groups in total. The van der Waals surface area contributed by atoms with Crippen LogP contribution in [-0.2, 0) is 4.74 Å². The third-order valence-corrected chi connectivity index (χ3v) is 3.49. The molecule has 0 saturated carbocycles. The van der Waals surface area contributed by atoms with Crippen molar-refractivity contribution in [2.24, 2.45) is 0 Å². The molecule has 4 nitrogen and oxygen atoms in total. The first-order valence-corrected chi connectivity index (χ1v) is 7.01. The smallest absolute Gasteiger partial charge is 0.119 e. The van der Waals surface area contributed by atoms with E-state index in [1.807, 2.05) is 6.07 Å². The van der Waals surface area contributed by atoms with Crippen molar-refractivity contribution in [3.05, 3.63) is 29.8 Å². The van der Waals surface area contributed by atoms with E-state index in [9.17, 15) is 0 Å². The van der Waals surface area contributed by atoms with Crippen molar-refractivity contribution in [1.82, 2.24) is 10.2 Å². The second kappa shape index (κ2) is 7.48. The predicted molar refractivity (Wildman–Crippen MR) is 76.7 cm³/mol. The normalized spacial score (nSPS) is 18.2. The fraction of sp³-hybridized carbons (Fsp3) is 0.600. The largest absolute Gasteiger partial charge is 0.497 e. The van der Waals surface area contributed by atoms with Crippen molar-refractivity contribution < 1.29 is 9.47 Å². The van der Waals surface area contributed by atoms with E-state index in [0.717, 1.165) is 45.1 Å². The number of methoxy groups -OCH3 is 1. The number of likely N-dealkylation sites (N-methyl/N-ethyl adjacent to an activating group) is 1. The second-order valence-corrected chi connectivity index (χ2v) is 4.80. The highest BCUT2D eigenvalue weighted by Crippen LogP contribution is 2.20. The first-order chi connectivity index (χ1) is 9.33. The number of ether oxygens (including phenoxy) is 2. The van der Waals surface area contributed by atoms with Gasteiger partial charge in [0, 0.05) is 25.7 Å². The SMILES string of the molecule is CCNC(CN1CCOCC1)c1cccc(OC)c1. The summed E-state index contributed by atoms with van der Waals surface area (Å²) in [6, 6.07) is 8.67. The third-order valence-electron chi connectivity index (χ3n) is 3.49. The lowest BCUT2D eigenvalue weighted by atomic mass is 10.1. The molecule has 1 fully saturated rings. The number of nitrogens with zero attached hydrogens (tertiary/aromatic N) is 1. The number of hydrogen-bond acceptors (Lipinski definition) is 4. The van der Waals surface area contributed by atoms with Crippen LogP contribution in [0.4, 0.5) is 0 Å². The Bertz CT molecular complexity index is 378. The minimum absolute atomic E-state index is 0.346. The quantitative estimate of drug-likeness (QED) is 0.847. The predicted octanol–water partition coefficient (Wildman–Crippen LogP) is 1.68. The Balaban J connectivity index is 2.04. The summed E-state index contributed by atoms with van der Waals surface area (Å²) in [7, 11) is 1.71. The molecule has 0 bridgehead atoms. The highest BCUT2D eigenvalue weighted by atomic mass is 16.5. The Morgan fingerprint density at radius 2 is 2.16 bits per heavy atom. The minimum Gasteiger partial charge on any atom is -0.497 e. The monoisotopic (exact) mass is 264 g/mol. The molecule has 1 aromatic carbocycles. The fourth-order valence-electron chi connectivity index (χ4n) is 2.43. The van der Waals surface area contributed by atoms with Gasteiger partial charge in [-0.05, 0) is 24.2 Å². The van der Waals surface area contributed by atoms with E-state index in [4.69, 9.17) is 9.47 Å². The van der Waals surface area contributed by atoms with Crippen LogP contribution in [0.2, 0.25) is 0 Å². The number of nitrogens with one attached hydrogen (secondary N) is 1. The molecule has 1 saturated heterocycles. The molecule has 0 aromatic heterocycles. The molecular formula is C15H24N2O2. The summed E-state index contributed by atoms with van der Waals surface area (Å²) in [4.78, 5) is 2.45. The van der Waals surface area contributed by atoms with Crippen LogP contribution in [0.15, 0.2) is 24.3 Å². The number of morpholine rings is 1. The molecule has 106 valence electrons. The third kappa shape index (κ3) is 4.20. The fourth-order valence-corrected chi connectivity index (χ4v) is 2.43. The minimum atomic E-state index is 0.346. The molecule has 0 radical (unpaired) electrons. The van der Waals surface area contributed by atoms with Gasteiger partial charge in [-0.1, -0.05) is 19.1 Å². The lowest BCUT2D eigenvalue weighted by Crippen LogP contribution is -2.41. The van der Waals surface area contributed by atoms with Crippen molar-refractivity contribution >= 4 is 0 Å². The summed E-state index contributed by atoms with van der Waals surface area (Å²) in [5, 5.41) is 3.56. The summed E-state index contributed by atoms with van der Waals surface area (Å²) in [6.07, 6.45) is 0. The van der Waals surface area contributed by atoms with Crippen LogP contribution in [0.5, 0.6) is 5.75 Å². The van der Waals surface area contributed by atoms with Gasteiger partial charge in [0.2, 0.25) is 0 Å². The van der Waals surface area contributed by atoms with Crippen LogP contribution < -0.4 is 10.1 Å². The average Bonchev–Trinajstić information content (AvgIpc) is 2.48. The van der Waals surface area contributed by atoms with Crippen LogP contribution in [0.3, 0.4) is 0 Å². The zero-order valence-electron chi connectivity index (χ0n) is 11.9. The Hall–Kier alpha value is -1.10. The molecule has 0 aliphatic carbocycles. The summed E-state index contributed by atoms with van der Waals surface area (Å²) in [5.41, 5.74) is 1.28. The zero-order chi connectivity index (χ0) is 13.5. The van der Waals surface area contributed by atoms with Crippen LogP contribution in [0.25, 0.3) is 0 Å². The lowest BCUT2D eigenvalue weighted by Gasteiger charge is -2.31. The van der Waals surface area contributed by atoms with Crippen molar-refractivity contribution in [3.8, 4) is 5.75 Å². The van der Waals surface area contributed by atoms with Crippen LogP contribution >= 0.6 is 0 Å². The van der Waals surface area contributed by atoms with E-state index in [-0.39, 0.29) is 0 Å². The molecule has 0 amide bonds. The summed E-state index contributed by atoms with van der Waals surface area (Å²) < 4.78 is 10.7. The highest BCUT2D eigenvalue weighted by molar-refractivity contribution is 5.30. The van der Waals surface area contributed by atoms with Crippen molar-refractivity contribution in [2.45, 2.75) is 13.0 Å². The van der Waals surface area contributed by atoms with E-state index in [2.05, 4.69) is 35.3 Å². The van der Waals surface area contributed by atoms with Gasteiger partial charge < -0.3 is 14.8 Å². The zero-order valence-corrected chi connectivity index (χ0v) is 11.9. The highest BCUT2D eigenvalue weighted by Gasteiger charge is 2.17. The Labute approximate surface area is 115 Å². The maximum absolute atomic E-state index is 5.40. The van der Waals surface area contributed by atoms with Gasteiger partial charge in [0.15, 0.2) is 0 Å². The van der Waals surface area contributed by atoms with Crippen molar-refractivity contribution in [3.63, 3.8) is 0 Å². The molecule has 0 spiro atoms. The molecule has 19 heavy (non-hydrogen) atoms.